The zero-order valence-corrected chi connectivity index (χ0v) is 9.63. The first-order chi connectivity index (χ1) is 7.84. The second kappa shape index (κ2) is 5.98. The lowest BCUT2D eigenvalue weighted by atomic mass is 10.2. The molecule has 0 aliphatic carbocycles. The van der Waals surface area contributed by atoms with Crippen LogP contribution in [0.2, 0.25) is 0 Å². The number of aromatic nitrogens is 2. The minimum Gasteiger partial charge on any atom is -0.355 e. The predicted octanol–water partition coefficient (Wildman–Crippen LogP) is 0.624. The molecule has 1 N–H and O–H groups in total. The van der Waals surface area contributed by atoms with Crippen molar-refractivity contribution in [2.24, 2.45) is 0 Å². The van der Waals surface area contributed by atoms with Crippen LogP contribution in [0, 0.1) is 0 Å². The highest BCUT2D eigenvalue weighted by Crippen LogP contribution is 2.05. The fourth-order valence-electron chi connectivity index (χ4n) is 1.77. The van der Waals surface area contributed by atoms with E-state index in [0.29, 0.717) is 18.9 Å². The van der Waals surface area contributed by atoms with E-state index in [1.54, 1.807) is 6.20 Å². The van der Waals surface area contributed by atoms with Gasteiger partial charge in [0.1, 0.15) is 6.79 Å². The van der Waals surface area contributed by atoms with Crippen molar-refractivity contribution in [3.05, 3.63) is 18.7 Å². The van der Waals surface area contributed by atoms with Gasteiger partial charge in [-0.3, -0.25) is 0 Å². The maximum Gasteiger partial charge on any atom is 0.147 e. The number of nitrogens with zero attached hydrogens (tertiary/aromatic N) is 2. The molecule has 1 fully saturated rings. The quantitative estimate of drug-likeness (QED) is 0.798. The fraction of sp³-hybridized carbons (Fsp3) is 0.727. The summed E-state index contributed by atoms with van der Waals surface area (Å²) in [4.78, 5) is 4.02. The molecule has 16 heavy (non-hydrogen) atoms. The van der Waals surface area contributed by atoms with Gasteiger partial charge < -0.3 is 19.4 Å². The van der Waals surface area contributed by atoms with Gasteiger partial charge in [0.15, 0.2) is 0 Å². The minimum absolute atomic E-state index is 0.291. The number of rotatable bonds is 5. The summed E-state index contributed by atoms with van der Waals surface area (Å²) < 4.78 is 12.7. The third kappa shape index (κ3) is 3.59. The summed E-state index contributed by atoms with van der Waals surface area (Å²) in [5, 5.41) is 3.46. The third-order valence-corrected chi connectivity index (χ3v) is 2.71. The van der Waals surface area contributed by atoms with Crippen LogP contribution in [-0.4, -0.2) is 41.6 Å². The van der Waals surface area contributed by atoms with Crippen molar-refractivity contribution in [3.63, 3.8) is 0 Å². The molecule has 2 heterocycles. The van der Waals surface area contributed by atoms with Crippen molar-refractivity contribution < 1.29 is 9.47 Å². The Hall–Kier alpha value is -0.910. The van der Waals surface area contributed by atoms with Crippen molar-refractivity contribution in [2.45, 2.75) is 32.0 Å². The average molecular weight is 225 g/mol. The monoisotopic (exact) mass is 225 g/mol. The standard InChI is InChI=1S/C11H19N3O2/c1-10(7-14-4-3-12-8-14)13-6-11-2-5-15-9-16-11/h3-4,8,10-11,13H,2,5-7,9H2,1H3. The summed E-state index contributed by atoms with van der Waals surface area (Å²) >= 11 is 0. The number of hydrogen-bond donors (Lipinski definition) is 1. The Balaban J connectivity index is 1.65. The van der Waals surface area contributed by atoms with Crippen molar-refractivity contribution in [2.75, 3.05) is 19.9 Å². The Morgan fingerprint density at radius 1 is 1.62 bits per heavy atom. The lowest BCUT2D eigenvalue weighted by Crippen LogP contribution is -2.39. The molecule has 2 unspecified atom stereocenters. The van der Waals surface area contributed by atoms with E-state index in [4.69, 9.17) is 9.47 Å². The highest BCUT2D eigenvalue weighted by molar-refractivity contribution is 4.77. The highest BCUT2D eigenvalue weighted by atomic mass is 16.7. The molecule has 0 radical (unpaired) electrons. The molecule has 0 amide bonds. The smallest absolute Gasteiger partial charge is 0.147 e. The van der Waals surface area contributed by atoms with E-state index in [9.17, 15) is 0 Å². The number of hydrogen-bond acceptors (Lipinski definition) is 4. The second-order valence-corrected chi connectivity index (χ2v) is 4.17. The zero-order chi connectivity index (χ0) is 11.2. The lowest BCUT2D eigenvalue weighted by molar-refractivity contribution is -0.137. The maximum absolute atomic E-state index is 5.46. The third-order valence-electron chi connectivity index (χ3n) is 2.71. The van der Waals surface area contributed by atoms with Crippen LogP contribution in [0.5, 0.6) is 0 Å². The van der Waals surface area contributed by atoms with Gasteiger partial charge in [-0.05, 0) is 13.3 Å². The molecular weight excluding hydrogens is 206 g/mol. The number of ether oxygens (including phenoxy) is 2. The molecule has 1 saturated heterocycles. The Bertz CT molecular complexity index is 283. The summed E-state index contributed by atoms with van der Waals surface area (Å²) in [6.07, 6.45) is 6.88. The average Bonchev–Trinajstić information content (AvgIpc) is 2.81. The largest absolute Gasteiger partial charge is 0.355 e. The van der Waals surface area contributed by atoms with Crippen molar-refractivity contribution in [1.29, 1.82) is 0 Å². The van der Waals surface area contributed by atoms with Crippen LogP contribution in [0.1, 0.15) is 13.3 Å². The number of nitrogens with one attached hydrogen (secondary N) is 1. The van der Waals surface area contributed by atoms with Gasteiger partial charge >= 0.3 is 0 Å². The van der Waals surface area contributed by atoms with Crippen molar-refractivity contribution in [3.8, 4) is 0 Å². The highest BCUT2D eigenvalue weighted by Gasteiger charge is 2.14. The van der Waals surface area contributed by atoms with Gasteiger partial charge in [0.2, 0.25) is 0 Å². The Morgan fingerprint density at radius 2 is 2.56 bits per heavy atom. The fourth-order valence-corrected chi connectivity index (χ4v) is 1.77. The van der Waals surface area contributed by atoms with Crippen LogP contribution in [0.15, 0.2) is 18.7 Å². The molecule has 0 aromatic carbocycles. The molecule has 1 aromatic rings. The first-order valence-corrected chi connectivity index (χ1v) is 5.73. The minimum atomic E-state index is 0.291. The Morgan fingerprint density at radius 3 is 3.25 bits per heavy atom. The molecule has 0 bridgehead atoms. The molecule has 0 saturated carbocycles. The van der Waals surface area contributed by atoms with E-state index in [1.807, 2.05) is 12.5 Å². The Kier molecular flexibility index (Phi) is 4.33. The molecule has 2 rings (SSSR count). The summed E-state index contributed by atoms with van der Waals surface area (Å²) in [6.45, 7) is 5.23. The SMILES string of the molecule is CC(Cn1ccnc1)NCC1CCOCO1. The van der Waals surface area contributed by atoms with E-state index in [-0.39, 0.29) is 0 Å². The first kappa shape index (κ1) is 11.6. The van der Waals surface area contributed by atoms with Gasteiger partial charge in [0.25, 0.3) is 0 Å². The molecule has 1 aliphatic heterocycles. The van der Waals surface area contributed by atoms with E-state index in [1.165, 1.54) is 0 Å². The molecule has 5 heteroatoms. The van der Waals surface area contributed by atoms with Gasteiger partial charge in [-0.2, -0.15) is 0 Å². The summed E-state index contributed by atoms with van der Waals surface area (Å²) in [7, 11) is 0. The molecule has 1 aromatic heterocycles. The second-order valence-electron chi connectivity index (χ2n) is 4.17. The van der Waals surface area contributed by atoms with E-state index in [0.717, 1.165) is 26.1 Å². The van der Waals surface area contributed by atoms with E-state index < -0.39 is 0 Å². The van der Waals surface area contributed by atoms with Crippen LogP contribution in [0.4, 0.5) is 0 Å². The molecular formula is C11H19N3O2. The van der Waals surface area contributed by atoms with Gasteiger partial charge in [0, 0.05) is 31.5 Å². The summed E-state index contributed by atoms with van der Waals surface area (Å²) in [6, 6.07) is 0.417. The predicted molar refractivity (Wildman–Crippen MR) is 60.0 cm³/mol. The molecule has 5 nitrogen and oxygen atoms in total. The van der Waals surface area contributed by atoms with Gasteiger partial charge in [-0.1, -0.05) is 0 Å². The van der Waals surface area contributed by atoms with E-state index >= 15 is 0 Å². The zero-order valence-electron chi connectivity index (χ0n) is 9.63. The van der Waals surface area contributed by atoms with Crippen LogP contribution >= 0.6 is 0 Å². The molecule has 1 aliphatic rings. The summed E-state index contributed by atoms with van der Waals surface area (Å²) in [5.41, 5.74) is 0. The van der Waals surface area contributed by atoms with Gasteiger partial charge in [-0.25, -0.2) is 4.98 Å². The van der Waals surface area contributed by atoms with Crippen LogP contribution in [0.25, 0.3) is 0 Å². The molecule has 90 valence electrons. The number of imidazole rings is 1. The van der Waals surface area contributed by atoms with E-state index in [2.05, 4.69) is 21.8 Å². The van der Waals surface area contributed by atoms with Gasteiger partial charge in [0.05, 0.1) is 19.0 Å². The maximum atomic E-state index is 5.46. The summed E-state index contributed by atoms with van der Waals surface area (Å²) in [5.74, 6) is 0. The molecule has 2 atom stereocenters. The molecule has 0 spiro atoms. The topological polar surface area (TPSA) is 48.3 Å². The van der Waals surface area contributed by atoms with Crippen molar-refractivity contribution in [1.82, 2.24) is 14.9 Å². The lowest BCUT2D eigenvalue weighted by Gasteiger charge is -2.24. The first-order valence-electron chi connectivity index (χ1n) is 5.73. The van der Waals surface area contributed by atoms with Crippen LogP contribution < -0.4 is 5.32 Å². The van der Waals surface area contributed by atoms with Crippen LogP contribution in [0.3, 0.4) is 0 Å². The Labute approximate surface area is 95.8 Å². The normalized spacial score (nSPS) is 23.2. The van der Waals surface area contributed by atoms with Gasteiger partial charge in [-0.15, -0.1) is 0 Å². The van der Waals surface area contributed by atoms with Crippen molar-refractivity contribution >= 4 is 0 Å². The van der Waals surface area contributed by atoms with Crippen LogP contribution in [-0.2, 0) is 16.0 Å².